The van der Waals surface area contributed by atoms with Crippen molar-refractivity contribution in [3.05, 3.63) is 41.8 Å². The summed E-state index contributed by atoms with van der Waals surface area (Å²) >= 11 is 0. The molecule has 0 fully saturated rings. The third-order valence-corrected chi connectivity index (χ3v) is 3.16. The summed E-state index contributed by atoms with van der Waals surface area (Å²) in [7, 11) is 1.73. The SMILES string of the molecule is Cc1coc2cccc(-c3cc(C(=O)O)nn3C)c12. The zero-order valence-corrected chi connectivity index (χ0v) is 10.5. The first-order valence-corrected chi connectivity index (χ1v) is 5.82. The van der Waals surface area contributed by atoms with E-state index in [0.29, 0.717) is 0 Å². The lowest BCUT2D eigenvalue weighted by molar-refractivity contribution is 0.0689. The number of carboxylic acids is 1. The number of hydrogen-bond donors (Lipinski definition) is 1. The van der Waals surface area contributed by atoms with Crippen LogP contribution in [-0.2, 0) is 7.05 Å². The molecule has 3 rings (SSSR count). The van der Waals surface area contributed by atoms with E-state index in [0.717, 1.165) is 27.8 Å². The van der Waals surface area contributed by atoms with Crippen LogP contribution in [-0.4, -0.2) is 20.9 Å². The Labute approximate surface area is 109 Å². The van der Waals surface area contributed by atoms with E-state index in [1.54, 1.807) is 24.1 Å². The molecule has 0 saturated carbocycles. The van der Waals surface area contributed by atoms with Gasteiger partial charge in [0.25, 0.3) is 0 Å². The molecule has 5 heteroatoms. The maximum atomic E-state index is 11.0. The highest BCUT2D eigenvalue weighted by Gasteiger charge is 2.16. The monoisotopic (exact) mass is 256 g/mol. The van der Waals surface area contributed by atoms with E-state index in [9.17, 15) is 4.79 Å². The Bertz CT molecular complexity index is 783. The normalized spacial score (nSPS) is 11.1. The van der Waals surface area contributed by atoms with Gasteiger partial charge < -0.3 is 9.52 Å². The van der Waals surface area contributed by atoms with E-state index in [4.69, 9.17) is 9.52 Å². The molecule has 5 nitrogen and oxygen atoms in total. The van der Waals surface area contributed by atoms with Crippen LogP contribution in [0, 0.1) is 6.92 Å². The predicted molar refractivity (Wildman–Crippen MR) is 70.1 cm³/mol. The number of hydrogen-bond acceptors (Lipinski definition) is 3. The molecular weight excluding hydrogens is 244 g/mol. The van der Waals surface area contributed by atoms with Crippen LogP contribution < -0.4 is 0 Å². The molecule has 0 unspecified atom stereocenters. The minimum Gasteiger partial charge on any atom is -0.476 e. The van der Waals surface area contributed by atoms with Crippen LogP contribution in [0.3, 0.4) is 0 Å². The number of rotatable bonds is 2. The standard InChI is InChI=1S/C14H12N2O3/c1-8-7-19-12-5-3-4-9(13(8)12)11-6-10(14(17)18)15-16(11)2/h3-7H,1-2H3,(H,17,18). The number of carboxylic acid groups (broad SMARTS) is 1. The van der Waals surface area contributed by atoms with Crippen molar-refractivity contribution in [2.75, 3.05) is 0 Å². The molecule has 3 aromatic rings. The van der Waals surface area contributed by atoms with Gasteiger partial charge in [0, 0.05) is 18.0 Å². The number of nitrogens with zero attached hydrogens (tertiary/aromatic N) is 2. The van der Waals surface area contributed by atoms with Crippen molar-refractivity contribution in [2.24, 2.45) is 7.05 Å². The number of carbonyl (C=O) groups is 1. The fourth-order valence-electron chi connectivity index (χ4n) is 2.28. The lowest BCUT2D eigenvalue weighted by Crippen LogP contribution is -1.99. The Kier molecular flexibility index (Phi) is 2.41. The molecule has 2 aromatic heterocycles. The number of aromatic nitrogens is 2. The second kappa shape index (κ2) is 3.98. The van der Waals surface area contributed by atoms with Crippen LogP contribution in [0.2, 0.25) is 0 Å². The quantitative estimate of drug-likeness (QED) is 0.765. The molecule has 1 aromatic carbocycles. The first kappa shape index (κ1) is 11.5. The van der Waals surface area contributed by atoms with Gasteiger partial charge in [-0.05, 0) is 24.6 Å². The van der Waals surface area contributed by atoms with E-state index in [-0.39, 0.29) is 5.69 Å². The van der Waals surface area contributed by atoms with Gasteiger partial charge in [0.2, 0.25) is 0 Å². The summed E-state index contributed by atoms with van der Waals surface area (Å²) in [6, 6.07) is 7.28. The van der Waals surface area contributed by atoms with Crippen LogP contribution in [0.1, 0.15) is 16.1 Å². The molecule has 1 N–H and O–H groups in total. The van der Waals surface area contributed by atoms with Gasteiger partial charge >= 0.3 is 5.97 Å². The Morgan fingerprint density at radius 2 is 2.21 bits per heavy atom. The fraction of sp³-hybridized carbons (Fsp3) is 0.143. The van der Waals surface area contributed by atoms with Gasteiger partial charge in [0.15, 0.2) is 5.69 Å². The summed E-state index contributed by atoms with van der Waals surface area (Å²) in [6.07, 6.45) is 1.70. The molecule has 19 heavy (non-hydrogen) atoms. The molecule has 0 bridgehead atoms. The van der Waals surface area contributed by atoms with Gasteiger partial charge in [-0.15, -0.1) is 0 Å². The molecule has 0 radical (unpaired) electrons. The van der Waals surface area contributed by atoms with E-state index < -0.39 is 5.97 Å². The smallest absolute Gasteiger partial charge is 0.356 e. The maximum absolute atomic E-state index is 11.0. The number of benzene rings is 1. The molecule has 0 atom stereocenters. The summed E-state index contributed by atoms with van der Waals surface area (Å²) in [5.74, 6) is -1.03. The molecule has 0 amide bonds. The third-order valence-electron chi connectivity index (χ3n) is 3.16. The number of furan rings is 1. The molecule has 2 heterocycles. The van der Waals surface area contributed by atoms with Crippen LogP contribution in [0.5, 0.6) is 0 Å². The maximum Gasteiger partial charge on any atom is 0.356 e. The zero-order valence-electron chi connectivity index (χ0n) is 10.5. The third kappa shape index (κ3) is 1.71. The van der Waals surface area contributed by atoms with Crippen LogP contribution in [0.4, 0.5) is 0 Å². The number of fused-ring (bicyclic) bond motifs is 1. The molecular formula is C14H12N2O3. The molecule has 0 saturated heterocycles. The van der Waals surface area contributed by atoms with E-state index in [2.05, 4.69) is 5.10 Å². The second-order valence-electron chi connectivity index (χ2n) is 4.44. The predicted octanol–water partition coefficient (Wildman–Crippen LogP) is 2.84. The number of aromatic carboxylic acids is 1. The summed E-state index contributed by atoms with van der Waals surface area (Å²) in [5.41, 5.74) is 3.52. The van der Waals surface area contributed by atoms with Crippen molar-refractivity contribution in [2.45, 2.75) is 6.92 Å². The Hall–Kier alpha value is -2.56. The summed E-state index contributed by atoms with van der Waals surface area (Å²) in [5, 5.41) is 14.0. The molecule has 0 aliphatic heterocycles. The fourth-order valence-corrected chi connectivity index (χ4v) is 2.28. The first-order valence-electron chi connectivity index (χ1n) is 5.82. The van der Waals surface area contributed by atoms with E-state index in [1.165, 1.54) is 0 Å². The van der Waals surface area contributed by atoms with Crippen LogP contribution >= 0.6 is 0 Å². The molecule has 0 spiro atoms. The van der Waals surface area contributed by atoms with Crippen molar-refractivity contribution in [3.63, 3.8) is 0 Å². The van der Waals surface area contributed by atoms with Crippen LogP contribution in [0.15, 0.2) is 34.9 Å². The molecule has 0 aliphatic rings. The van der Waals surface area contributed by atoms with Gasteiger partial charge in [-0.2, -0.15) is 5.10 Å². The summed E-state index contributed by atoms with van der Waals surface area (Å²) < 4.78 is 7.03. The summed E-state index contributed by atoms with van der Waals surface area (Å²) in [6.45, 7) is 1.96. The van der Waals surface area contributed by atoms with Gasteiger partial charge in [-0.3, -0.25) is 4.68 Å². The average molecular weight is 256 g/mol. The van der Waals surface area contributed by atoms with Gasteiger partial charge in [-0.25, -0.2) is 4.79 Å². The zero-order chi connectivity index (χ0) is 13.6. The largest absolute Gasteiger partial charge is 0.476 e. The minimum atomic E-state index is -1.03. The van der Waals surface area contributed by atoms with Gasteiger partial charge in [0.05, 0.1) is 12.0 Å². The van der Waals surface area contributed by atoms with Crippen molar-refractivity contribution < 1.29 is 14.3 Å². The van der Waals surface area contributed by atoms with Crippen molar-refractivity contribution in [1.82, 2.24) is 9.78 Å². The molecule has 96 valence electrons. The van der Waals surface area contributed by atoms with Crippen molar-refractivity contribution in [3.8, 4) is 11.3 Å². The molecule has 0 aliphatic carbocycles. The van der Waals surface area contributed by atoms with Gasteiger partial charge in [0.1, 0.15) is 5.58 Å². The average Bonchev–Trinajstić information content (AvgIpc) is 2.94. The highest BCUT2D eigenvalue weighted by atomic mass is 16.4. The lowest BCUT2D eigenvalue weighted by Gasteiger charge is -2.03. The number of aryl methyl sites for hydroxylation is 2. The topological polar surface area (TPSA) is 68.3 Å². The Balaban J connectivity index is 2.30. The van der Waals surface area contributed by atoms with Crippen molar-refractivity contribution in [1.29, 1.82) is 0 Å². The Morgan fingerprint density at radius 3 is 2.89 bits per heavy atom. The van der Waals surface area contributed by atoms with Crippen LogP contribution in [0.25, 0.3) is 22.2 Å². The second-order valence-corrected chi connectivity index (χ2v) is 4.44. The van der Waals surface area contributed by atoms with Crippen molar-refractivity contribution >= 4 is 16.9 Å². The highest BCUT2D eigenvalue weighted by Crippen LogP contribution is 2.32. The Morgan fingerprint density at radius 1 is 1.42 bits per heavy atom. The summed E-state index contributed by atoms with van der Waals surface area (Å²) in [4.78, 5) is 11.0. The minimum absolute atomic E-state index is 0.0376. The first-order chi connectivity index (χ1) is 9.08. The van der Waals surface area contributed by atoms with E-state index >= 15 is 0 Å². The highest BCUT2D eigenvalue weighted by molar-refractivity contribution is 5.96. The van der Waals surface area contributed by atoms with Gasteiger partial charge in [-0.1, -0.05) is 12.1 Å². The van der Waals surface area contributed by atoms with E-state index in [1.807, 2.05) is 25.1 Å². The lowest BCUT2D eigenvalue weighted by atomic mass is 10.0.